The highest BCUT2D eigenvalue weighted by molar-refractivity contribution is 8.00. The molecule has 1 unspecified atom stereocenters. The van der Waals surface area contributed by atoms with Gasteiger partial charge in [0.2, 0.25) is 5.91 Å². The topological polar surface area (TPSA) is 83.6 Å². The van der Waals surface area contributed by atoms with E-state index in [4.69, 9.17) is 10.8 Å². The Labute approximate surface area is 119 Å². The van der Waals surface area contributed by atoms with Gasteiger partial charge in [0.05, 0.1) is 5.75 Å². The summed E-state index contributed by atoms with van der Waals surface area (Å²) < 4.78 is 0. The number of nitrogens with zero attached hydrogens (tertiary/aromatic N) is 1. The Bertz CT molecular complexity index is 475. The fourth-order valence-electron chi connectivity index (χ4n) is 1.90. The smallest absolute Gasteiger partial charge is 0.321 e. The first-order valence-electron chi connectivity index (χ1n) is 5.97. The molecule has 5 nitrogen and oxygen atoms in total. The van der Waals surface area contributed by atoms with Gasteiger partial charge in [-0.1, -0.05) is 0 Å². The molecule has 1 atom stereocenters. The van der Waals surface area contributed by atoms with E-state index in [1.807, 2.05) is 4.90 Å². The van der Waals surface area contributed by atoms with Crippen molar-refractivity contribution in [2.24, 2.45) is 5.73 Å². The summed E-state index contributed by atoms with van der Waals surface area (Å²) in [6.45, 7) is 1.42. The predicted molar refractivity (Wildman–Crippen MR) is 76.4 cm³/mol. The number of thioether (sulfide) groups is 1. The van der Waals surface area contributed by atoms with Crippen LogP contribution in [0.3, 0.4) is 0 Å². The third-order valence-corrected chi connectivity index (χ3v) is 5.07. The van der Waals surface area contributed by atoms with Crippen LogP contribution in [0.2, 0.25) is 0 Å². The molecule has 3 N–H and O–H groups in total. The second kappa shape index (κ2) is 6.40. The van der Waals surface area contributed by atoms with Crippen LogP contribution in [0.4, 0.5) is 0 Å². The van der Waals surface area contributed by atoms with Gasteiger partial charge in [-0.2, -0.15) is 0 Å². The minimum atomic E-state index is -1.03. The number of fused-ring (bicyclic) bond motifs is 1. The number of nitrogens with two attached hydrogens (primary N) is 1. The number of amides is 1. The van der Waals surface area contributed by atoms with Crippen LogP contribution in [0, 0.1) is 0 Å². The summed E-state index contributed by atoms with van der Waals surface area (Å²) >= 11 is 3.02. The van der Waals surface area contributed by atoms with Gasteiger partial charge in [-0.05, 0) is 23.4 Å². The zero-order valence-corrected chi connectivity index (χ0v) is 12.0. The number of carbonyl (C=O) groups is 2. The molecule has 0 fully saturated rings. The largest absolute Gasteiger partial charge is 0.480 e. The molecule has 0 saturated carbocycles. The second-order valence-electron chi connectivity index (χ2n) is 4.39. The van der Waals surface area contributed by atoms with Crippen molar-refractivity contribution >= 4 is 35.0 Å². The maximum atomic E-state index is 12.0. The lowest BCUT2D eigenvalue weighted by Gasteiger charge is -2.27. The number of carboxylic acids is 1. The molecule has 1 amide bonds. The first-order chi connectivity index (χ1) is 9.08. The predicted octanol–water partition coefficient (Wildman–Crippen LogP) is 0.778. The minimum Gasteiger partial charge on any atom is -0.480 e. The zero-order valence-electron chi connectivity index (χ0n) is 10.4. The monoisotopic (exact) mass is 300 g/mol. The highest BCUT2D eigenvalue weighted by atomic mass is 32.2. The number of rotatable bonds is 5. The van der Waals surface area contributed by atoms with Crippen LogP contribution in [0.5, 0.6) is 0 Å². The lowest BCUT2D eigenvalue weighted by atomic mass is 10.1. The van der Waals surface area contributed by atoms with Crippen LogP contribution < -0.4 is 5.73 Å². The molecule has 7 heteroatoms. The van der Waals surface area contributed by atoms with E-state index in [1.54, 1.807) is 11.3 Å². The van der Waals surface area contributed by atoms with Gasteiger partial charge < -0.3 is 15.7 Å². The van der Waals surface area contributed by atoms with E-state index in [9.17, 15) is 9.59 Å². The average Bonchev–Trinajstić information content (AvgIpc) is 2.85. The van der Waals surface area contributed by atoms with Crippen LogP contribution in [-0.4, -0.2) is 46.0 Å². The molecule has 1 aliphatic rings. The third-order valence-electron chi connectivity index (χ3n) is 3.00. The average molecular weight is 300 g/mol. The van der Waals surface area contributed by atoms with Crippen molar-refractivity contribution in [2.75, 3.05) is 18.1 Å². The standard InChI is InChI=1S/C12H16N2O3S2/c13-9(12(16)17)6-18-7-11(15)14-3-1-10-8(5-14)2-4-19-10/h2,4,9H,1,3,5-7,13H2,(H,16,17). The van der Waals surface area contributed by atoms with E-state index >= 15 is 0 Å². The van der Waals surface area contributed by atoms with Gasteiger partial charge in [-0.25, -0.2) is 0 Å². The molecule has 1 aliphatic heterocycles. The molecule has 0 radical (unpaired) electrons. The molecule has 19 heavy (non-hydrogen) atoms. The molecule has 2 rings (SSSR count). The van der Waals surface area contributed by atoms with E-state index in [1.165, 1.54) is 22.2 Å². The molecule has 0 bridgehead atoms. The number of hydrogen-bond acceptors (Lipinski definition) is 5. The van der Waals surface area contributed by atoms with Gasteiger partial charge >= 0.3 is 5.97 Å². The van der Waals surface area contributed by atoms with Crippen LogP contribution >= 0.6 is 23.1 Å². The van der Waals surface area contributed by atoms with E-state index in [0.29, 0.717) is 12.3 Å². The Balaban J connectivity index is 1.77. The molecule has 104 valence electrons. The summed E-state index contributed by atoms with van der Waals surface area (Å²) in [4.78, 5) is 25.7. The van der Waals surface area contributed by atoms with E-state index in [-0.39, 0.29) is 11.7 Å². The quantitative estimate of drug-likeness (QED) is 0.839. The fraction of sp³-hybridized carbons (Fsp3) is 0.500. The van der Waals surface area contributed by atoms with Gasteiger partial charge in [0.25, 0.3) is 0 Å². The summed E-state index contributed by atoms with van der Waals surface area (Å²) in [5.74, 6) is -0.417. The number of thiophene rings is 1. The Kier molecular flexibility index (Phi) is 4.84. The Morgan fingerprint density at radius 2 is 2.37 bits per heavy atom. The van der Waals surface area contributed by atoms with Crippen LogP contribution in [-0.2, 0) is 22.6 Å². The molecule has 2 heterocycles. The molecular formula is C12H16N2O3S2. The van der Waals surface area contributed by atoms with Gasteiger partial charge in [0.15, 0.2) is 0 Å². The van der Waals surface area contributed by atoms with Crippen molar-refractivity contribution in [1.82, 2.24) is 4.90 Å². The fourth-order valence-corrected chi connectivity index (χ4v) is 3.66. The van der Waals surface area contributed by atoms with E-state index in [2.05, 4.69) is 11.4 Å². The van der Waals surface area contributed by atoms with E-state index in [0.717, 1.165) is 13.0 Å². The highest BCUT2D eigenvalue weighted by Crippen LogP contribution is 2.24. The van der Waals surface area contributed by atoms with Crippen molar-refractivity contribution in [2.45, 2.75) is 19.0 Å². The molecule has 0 aromatic carbocycles. The SMILES string of the molecule is NC(CSCC(=O)N1CCc2sccc2C1)C(=O)O. The lowest BCUT2D eigenvalue weighted by molar-refractivity contribution is -0.138. The summed E-state index contributed by atoms with van der Waals surface area (Å²) in [6, 6.07) is 1.16. The maximum Gasteiger partial charge on any atom is 0.321 e. The third kappa shape index (κ3) is 3.71. The lowest BCUT2D eigenvalue weighted by Crippen LogP contribution is -2.37. The summed E-state index contributed by atoms with van der Waals surface area (Å²) in [5.41, 5.74) is 6.62. The second-order valence-corrected chi connectivity index (χ2v) is 6.43. The van der Waals surface area contributed by atoms with Crippen LogP contribution in [0.1, 0.15) is 10.4 Å². The Hall–Kier alpha value is -1.05. The van der Waals surface area contributed by atoms with Gasteiger partial charge in [0, 0.05) is 23.7 Å². The Morgan fingerprint density at radius 1 is 1.58 bits per heavy atom. The Morgan fingerprint density at radius 3 is 3.11 bits per heavy atom. The molecular weight excluding hydrogens is 284 g/mol. The van der Waals surface area contributed by atoms with Gasteiger partial charge in [-0.15, -0.1) is 23.1 Å². The van der Waals surface area contributed by atoms with Crippen molar-refractivity contribution in [3.05, 3.63) is 21.9 Å². The number of carbonyl (C=O) groups excluding carboxylic acids is 1. The van der Waals surface area contributed by atoms with Crippen molar-refractivity contribution < 1.29 is 14.7 Å². The van der Waals surface area contributed by atoms with Crippen molar-refractivity contribution in [3.63, 3.8) is 0 Å². The first-order valence-corrected chi connectivity index (χ1v) is 8.00. The summed E-state index contributed by atoms with van der Waals surface area (Å²) in [6.07, 6.45) is 0.915. The van der Waals surface area contributed by atoms with Crippen LogP contribution in [0.25, 0.3) is 0 Å². The molecule has 1 aromatic rings. The normalized spacial score (nSPS) is 15.9. The first kappa shape index (κ1) is 14.4. The molecule has 0 aliphatic carbocycles. The molecule has 1 aromatic heterocycles. The molecule has 0 saturated heterocycles. The number of hydrogen-bond donors (Lipinski definition) is 2. The van der Waals surface area contributed by atoms with Crippen LogP contribution in [0.15, 0.2) is 11.4 Å². The number of carboxylic acid groups (broad SMARTS) is 1. The minimum absolute atomic E-state index is 0.0550. The number of aliphatic carboxylic acids is 1. The van der Waals surface area contributed by atoms with Crippen molar-refractivity contribution in [3.8, 4) is 0 Å². The highest BCUT2D eigenvalue weighted by Gasteiger charge is 2.21. The molecule has 0 spiro atoms. The van der Waals surface area contributed by atoms with Crippen molar-refractivity contribution in [1.29, 1.82) is 0 Å². The van der Waals surface area contributed by atoms with E-state index < -0.39 is 12.0 Å². The summed E-state index contributed by atoms with van der Waals surface area (Å²) in [7, 11) is 0. The maximum absolute atomic E-state index is 12.0. The summed E-state index contributed by atoms with van der Waals surface area (Å²) in [5, 5.41) is 10.7. The van der Waals surface area contributed by atoms with Gasteiger partial charge in [-0.3, -0.25) is 9.59 Å². The zero-order chi connectivity index (χ0) is 13.8. The van der Waals surface area contributed by atoms with Gasteiger partial charge in [0.1, 0.15) is 6.04 Å².